The van der Waals surface area contributed by atoms with Crippen LogP contribution in [0.4, 0.5) is 11.4 Å². The van der Waals surface area contributed by atoms with Crippen molar-refractivity contribution in [2.75, 3.05) is 10.2 Å². The van der Waals surface area contributed by atoms with Gasteiger partial charge in [-0.1, -0.05) is 31.5 Å². The number of carbonyl (C=O) groups excluding carboxylic acids is 1. The fourth-order valence-corrected chi connectivity index (χ4v) is 5.63. The third-order valence-corrected chi connectivity index (χ3v) is 7.66. The van der Waals surface area contributed by atoms with Crippen LogP contribution in [0.3, 0.4) is 0 Å². The maximum atomic E-state index is 12.3. The number of carbonyl (C=O) groups is 1. The number of amides is 1. The van der Waals surface area contributed by atoms with Gasteiger partial charge in [0.2, 0.25) is 5.91 Å². The summed E-state index contributed by atoms with van der Waals surface area (Å²) in [7, 11) is 0. The van der Waals surface area contributed by atoms with Gasteiger partial charge < -0.3 is 20.1 Å². The number of aryl methyl sites for hydroxylation is 2. The molecule has 3 aromatic heterocycles. The number of hydrogen-bond donors (Lipinski definition) is 2. The lowest BCUT2D eigenvalue weighted by molar-refractivity contribution is -0.118. The van der Waals surface area contributed by atoms with Crippen LogP contribution in [0.15, 0.2) is 67.0 Å². The summed E-state index contributed by atoms with van der Waals surface area (Å²) < 4.78 is 2.18. The molecule has 1 aliphatic rings. The predicted octanol–water partition coefficient (Wildman–Crippen LogP) is 6.62. The van der Waals surface area contributed by atoms with Crippen LogP contribution in [-0.2, 0) is 4.79 Å². The van der Waals surface area contributed by atoms with Crippen LogP contribution >= 0.6 is 23.8 Å². The summed E-state index contributed by atoms with van der Waals surface area (Å²) in [6, 6.07) is 17.4. The van der Waals surface area contributed by atoms with E-state index in [0.717, 1.165) is 39.7 Å². The van der Waals surface area contributed by atoms with E-state index < -0.39 is 0 Å². The van der Waals surface area contributed by atoms with Crippen molar-refractivity contribution >= 4 is 46.2 Å². The highest BCUT2D eigenvalue weighted by Gasteiger charge is 2.42. The molecule has 5 rings (SSSR count). The zero-order valence-corrected chi connectivity index (χ0v) is 24.1. The Morgan fingerprint density at radius 3 is 2.51 bits per heavy atom. The highest BCUT2D eigenvalue weighted by Crippen LogP contribution is 2.44. The molecule has 1 fully saturated rings. The SMILES string of the molecule is Cc1ccnc(-n2c(C)cc(C3C(c4ccccn4)NC(=S)N3c3ccc(NC(=O)C(C)C)c(Cl)c3)c2C)c1. The summed E-state index contributed by atoms with van der Waals surface area (Å²) in [6.45, 7) is 9.95. The molecule has 0 saturated carbocycles. The molecule has 1 amide bonds. The van der Waals surface area contributed by atoms with Crippen LogP contribution in [0.1, 0.15) is 54.1 Å². The number of thiocarbonyl (C=S) groups is 1. The van der Waals surface area contributed by atoms with E-state index in [1.54, 1.807) is 6.20 Å². The van der Waals surface area contributed by atoms with Crippen molar-refractivity contribution < 1.29 is 4.79 Å². The minimum absolute atomic E-state index is 0.0895. The van der Waals surface area contributed by atoms with Gasteiger partial charge in [0, 0.05) is 35.4 Å². The average Bonchev–Trinajstić information content (AvgIpc) is 3.40. The van der Waals surface area contributed by atoms with E-state index in [2.05, 4.69) is 63.0 Å². The Morgan fingerprint density at radius 1 is 1.05 bits per heavy atom. The van der Waals surface area contributed by atoms with Crippen molar-refractivity contribution in [3.05, 3.63) is 100 Å². The smallest absolute Gasteiger partial charge is 0.226 e. The number of pyridine rings is 2. The molecule has 1 saturated heterocycles. The molecule has 0 radical (unpaired) electrons. The molecule has 0 bridgehead atoms. The Bertz CT molecular complexity index is 1550. The minimum Gasteiger partial charge on any atom is -0.351 e. The van der Waals surface area contributed by atoms with Crippen molar-refractivity contribution in [2.45, 2.75) is 46.7 Å². The summed E-state index contributed by atoms with van der Waals surface area (Å²) in [4.78, 5) is 23.7. The first kappa shape index (κ1) is 26.8. The minimum atomic E-state index is -0.204. The largest absolute Gasteiger partial charge is 0.351 e. The van der Waals surface area contributed by atoms with Crippen LogP contribution in [-0.4, -0.2) is 25.6 Å². The summed E-state index contributed by atoms with van der Waals surface area (Å²) in [5.41, 5.74) is 6.67. The normalized spacial score (nSPS) is 17.0. The second kappa shape index (κ2) is 10.8. The third-order valence-electron chi connectivity index (χ3n) is 7.03. The number of aromatic nitrogens is 3. The first-order valence-corrected chi connectivity index (χ1v) is 13.7. The summed E-state index contributed by atoms with van der Waals surface area (Å²) in [5, 5.41) is 7.43. The highest BCUT2D eigenvalue weighted by molar-refractivity contribution is 7.80. The number of anilines is 2. The molecule has 1 aromatic carbocycles. The van der Waals surface area contributed by atoms with E-state index >= 15 is 0 Å². The number of rotatable bonds is 6. The lowest BCUT2D eigenvalue weighted by Crippen LogP contribution is -2.29. The molecule has 2 unspecified atom stereocenters. The second-order valence-electron chi connectivity index (χ2n) is 10.2. The van der Waals surface area contributed by atoms with E-state index in [9.17, 15) is 4.79 Å². The molecular weight excluding hydrogens is 528 g/mol. The predicted molar refractivity (Wildman–Crippen MR) is 161 cm³/mol. The van der Waals surface area contributed by atoms with Crippen molar-refractivity contribution in [3.63, 3.8) is 0 Å². The van der Waals surface area contributed by atoms with Crippen molar-refractivity contribution in [3.8, 4) is 5.82 Å². The number of halogens is 1. The average molecular weight is 559 g/mol. The maximum Gasteiger partial charge on any atom is 0.226 e. The molecule has 9 heteroatoms. The van der Waals surface area contributed by atoms with E-state index in [1.165, 1.54) is 0 Å². The fourth-order valence-electron chi connectivity index (χ4n) is 5.06. The van der Waals surface area contributed by atoms with Gasteiger partial charge in [-0.2, -0.15) is 0 Å². The van der Waals surface area contributed by atoms with Gasteiger partial charge in [-0.3, -0.25) is 9.78 Å². The molecule has 39 heavy (non-hydrogen) atoms. The Kier molecular flexibility index (Phi) is 7.42. The number of benzene rings is 1. The molecule has 0 spiro atoms. The molecule has 1 aliphatic heterocycles. The van der Waals surface area contributed by atoms with Crippen LogP contribution in [0.25, 0.3) is 5.82 Å². The van der Waals surface area contributed by atoms with Gasteiger partial charge in [0.1, 0.15) is 5.82 Å². The van der Waals surface area contributed by atoms with E-state index in [4.69, 9.17) is 23.8 Å². The van der Waals surface area contributed by atoms with Crippen LogP contribution < -0.4 is 15.5 Å². The summed E-state index contributed by atoms with van der Waals surface area (Å²) in [6.07, 6.45) is 3.63. The second-order valence-corrected chi connectivity index (χ2v) is 11.0. The Labute approximate surface area is 239 Å². The van der Waals surface area contributed by atoms with Gasteiger partial charge >= 0.3 is 0 Å². The Morgan fingerprint density at radius 2 is 1.85 bits per heavy atom. The molecule has 4 aromatic rings. The zero-order chi connectivity index (χ0) is 27.8. The van der Waals surface area contributed by atoms with Gasteiger partial charge in [-0.05, 0) is 92.6 Å². The van der Waals surface area contributed by atoms with E-state index in [-0.39, 0.29) is 23.9 Å². The van der Waals surface area contributed by atoms with Gasteiger partial charge in [0.05, 0.1) is 28.5 Å². The Balaban J connectivity index is 1.62. The summed E-state index contributed by atoms with van der Waals surface area (Å²) >= 11 is 12.6. The van der Waals surface area contributed by atoms with Crippen LogP contribution in [0, 0.1) is 26.7 Å². The van der Waals surface area contributed by atoms with E-state index in [1.807, 2.05) is 62.5 Å². The number of hydrogen-bond acceptors (Lipinski definition) is 4. The zero-order valence-electron chi connectivity index (χ0n) is 22.6. The van der Waals surface area contributed by atoms with E-state index in [0.29, 0.717) is 15.8 Å². The summed E-state index contributed by atoms with van der Waals surface area (Å²) in [5.74, 6) is 0.630. The fraction of sp³-hybridized carbons (Fsp3) is 0.267. The standard InChI is InChI=1S/C30H31ClN6OS/c1-17(2)29(38)34-24-10-9-21(16-23(24)31)37-28(27(35-30(37)39)25-8-6-7-12-32-25)22-15-19(4)36(20(22)5)26-14-18(3)11-13-33-26/h6-17,27-28H,1-5H3,(H,34,38)(H,35,39). The quantitative estimate of drug-likeness (QED) is 0.259. The van der Waals surface area contributed by atoms with Gasteiger partial charge in [-0.15, -0.1) is 0 Å². The molecule has 200 valence electrons. The lowest BCUT2D eigenvalue weighted by Gasteiger charge is -2.28. The van der Waals surface area contributed by atoms with Gasteiger partial charge in [0.25, 0.3) is 0 Å². The lowest BCUT2D eigenvalue weighted by atomic mass is 9.96. The molecule has 7 nitrogen and oxygen atoms in total. The Hall–Kier alpha value is -3.75. The highest BCUT2D eigenvalue weighted by atomic mass is 35.5. The molecule has 0 aliphatic carbocycles. The molecule has 4 heterocycles. The van der Waals surface area contributed by atoms with Crippen LogP contribution in [0.5, 0.6) is 0 Å². The maximum absolute atomic E-state index is 12.3. The first-order chi connectivity index (χ1) is 18.7. The number of nitrogens with one attached hydrogen (secondary N) is 2. The topological polar surface area (TPSA) is 75.1 Å². The van der Waals surface area contributed by atoms with Crippen LogP contribution in [0.2, 0.25) is 5.02 Å². The molecule has 2 atom stereocenters. The monoisotopic (exact) mass is 558 g/mol. The molecule has 2 N–H and O–H groups in total. The number of nitrogens with zero attached hydrogens (tertiary/aromatic N) is 4. The van der Waals surface area contributed by atoms with Crippen molar-refractivity contribution in [1.82, 2.24) is 19.9 Å². The molecular formula is C30H31ClN6OS. The van der Waals surface area contributed by atoms with Gasteiger partial charge in [0.15, 0.2) is 5.11 Å². The first-order valence-electron chi connectivity index (χ1n) is 12.9. The van der Waals surface area contributed by atoms with Crippen molar-refractivity contribution in [2.24, 2.45) is 5.92 Å². The van der Waals surface area contributed by atoms with Crippen molar-refractivity contribution in [1.29, 1.82) is 0 Å². The van der Waals surface area contributed by atoms with Gasteiger partial charge in [-0.25, -0.2) is 4.98 Å². The third kappa shape index (κ3) is 5.14.